The summed E-state index contributed by atoms with van der Waals surface area (Å²) in [5.41, 5.74) is 0. The van der Waals surface area contributed by atoms with Gasteiger partial charge in [0, 0.05) is 6.42 Å². The van der Waals surface area contributed by atoms with Gasteiger partial charge in [0.05, 0.1) is 25.4 Å². The van der Waals surface area contributed by atoms with Crippen molar-refractivity contribution < 1.29 is 39.8 Å². The molecule has 0 saturated carbocycles. The molecule has 0 aliphatic carbocycles. The Labute approximate surface area is 330 Å². The Bertz CT molecular complexity index is 899. The summed E-state index contributed by atoms with van der Waals surface area (Å²) in [6.07, 6.45) is 35.0. The zero-order chi connectivity index (χ0) is 39.5. The fourth-order valence-corrected chi connectivity index (χ4v) is 7.09. The van der Waals surface area contributed by atoms with Gasteiger partial charge in [0.25, 0.3) is 0 Å². The zero-order valence-electron chi connectivity index (χ0n) is 34.7. The van der Waals surface area contributed by atoms with Gasteiger partial charge in [-0.25, -0.2) is 0 Å². The van der Waals surface area contributed by atoms with Gasteiger partial charge in [-0.3, -0.25) is 4.79 Å². The van der Waals surface area contributed by atoms with Crippen molar-refractivity contribution in [3.63, 3.8) is 0 Å². The Kier molecular flexibility index (Phi) is 33.8. The first kappa shape index (κ1) is 50.7. The lowest BCUT2D eigenvalue weighted by molar-refractivity contribution is -0.302. The number of nitrogens with one attached hydrogen (secondary N) is 1. The minimum Gasteiger partial charge on any atom is -0.394 e. The number of amides is 1. The third-order valence-corrected chi connectivity index (χ3v) is 10.8. The van der Waals surface area contributed by atoms with Gasteiger partial charge in [0.15, 0.2) is 6.29 Å². The Morgan fingerprint density at radius 2 is 1.04 bits per heavy atom. The zero-order valence-corrected chi connectivity index (χ0v) is 34.7. The van der Waals surface area contributed by atoms with E-state index in [1.807, 2.05) is 6.08 Å². The molecule has 0 aromatic rings. The maximum Gasteiger partial charge on any atom is 0.220 e. The molecule has 0 radical (unpaired) electrons. The molecule has 0 aromatic heterocycles. The van der Waals surface area contributed by atoms with Crippen LogP contribution >= 0.6 is 0 Å². The van der Waals surface area contributed by atoms with E-state index in [4.69, 9.17) is 9.47 Å². The smallest absolute Gasteiger partial charge is 0.220 e. The van der Waals surface area contributed by atoms with Crippen molar-refractivity contribution >= 4 is 5.91 Å². The van der Waals surface area contributed by atoms with Gasteiger partial charge in [-0.2, -0.15) is 0 Å². The molecule has 1 fully saturated rings. The van der Waals surface area contributed by atoms with E-state index in [1.54, 1.807) is 6.08 Å². The lowest BCUT2D eigenvalue weighted by Crippen LogP contribution is -2.60. The molecule has 6 N–H and O–H groups in total. The fourth-order valence-electron chi connectivity index (χ4n) is 7.09. The van der Waals surface area contributed by atoms with Crippen LogP contribution in [0.1, 0.15) is 200 Å². The maximum atomic E-state index is 12.9. The first-order chi connectivity index (χ1) is 26.3. The number of rotatable bonds is 37. The van der Waals surface area contributed by atoms with Crippen LogP contribution in [0.15, 0.2) is 24.3 Å². The van der Waals surface area contributed by atoms with Crippen molar-refractivity contribution in [3.05, 3.63) is 24.3 Å². The van der Waals surface area contributed by atoms with Crippen molar-refractivity contribution in [2.24, 2.45) is 0 Å². The van der Waals surface area contributed by atoms with Crippen LogP contribution in [0.4, 0.5) is 0 Å². The van der Waals surface area contributed by atoms with Gasteiger partial charge in [-0.1, -0.05) is 173 Å². The van der Waals surface area contributed by atoms with Crippen LogP contribution in [0.3, 0.4) is 0 Å². The standard InChI is InChI=1S/C45H85NO8/c1-3-5-7-9-11-13-15-17-18-19-20-21-23-24-26-28-30-32-34-39(48)38(37-53-45-44(52)43(51)42(50)40(36-47)54-45)46-41(49)35-33-31-29-27-25-22-16-14-12-10-8-6-4-2/h14,16,32,34,38-40,42-45,47-48,50-52H,3-13,15,17-31,33,35-37H2,1-2H3,(H,46,49)/b16-14-,34-32+. The molecular formula is C45H85NO8. The fraction of sp³-hybridized carbons (Fsp3) is 0.889. The van der Waals surface area contributed by atoms with Crippen molar-refractivity contribution in [2.75, 3.05) is 13.2 Å². The molecule has 0 spiro atoms. The quantitative estimate of drug-likeness (QED) is 0.0271. The molecule has 9 nitrogen and oxygen atoms in total. The first-order valence-corrected chi connectivity index (χ1v) is 22.6. The average Bonchev–Trinajstić information content (AvgIpc) is 3.17. The monoisotopic (exact) mass is 768 g/mol. The summed E-state index contributed by atoms with van der Waals surface area (Å²) in [6, 6.07) is -0.805. The van der Waals surface area contributed by atoms with E-state index in [9.17, 15) is 30.3 Å². The molecule has 0 bridgehead atoms. The lowest BCUT2D eigenvalue weighted by Gasteiger charge is -2.40. The van der Waals surface area contributed by atoms with Gasteiger partial charge in [-0.05, 0) is 44.9 Å². The summed E-state index contributed by atoms with van der Waals surface area (Å²) in [4.78, 5) is 12.9. The van der Waals surface area contributed by atoms with Crippen LogP contribution in [0.2, 0.25) is 0 Å². The van der Waals surface area contributed by atoms with Gasteiger partial charge >= 0.3 is 0 Å². The molecule has 7 atom stereocenters. The minimum atomic E-state index is -1.56. The van der Waals surface area contributed by atoms with E-state index in [0.717, 1.165) is 57.8 Å². The molecule has 1 rings (SSSR count). The molecule has 9 heteroatoms. The number of allylic oxidation sites excluding steroid dienone is 3. The summed E-state index contributed by atoms with van der Waals surface area (Å²) in [5.74, 6) is -0.186. The van der Waals surface area contributed by atoms with Gasteiger partial charge in [0.2, 0.25) is 5.91 Å². The number of carbonyl (C=O) groups is 1. The van der Waals surface area contributed by atoms with E-state index in [0.29, 0.717) is 6.42 Å². The topological polar surface area (TPSA) is 149 Å². The molecule has 7 unspecified atom stereocenters. The number of hydrogen-bond acceptors (Lipinski definition) is 8. The van der Waals surface area contributed by atoms with Crippen LogP contribution in [0.25, 0.3) is 0 Å². The van der Waals surface area contributed by atoms with Crippen LogP contribution < -0.4 is 5.32 Å². The highest BCUT2D eigenvalue weighted by atomic mass is 16.7. The summed E-state index contributed by atoms with van der Waals surface area (Å²) in [7, 11) is 0. The predicted molar refractivity (Wildman–Crippen MR) is 221 cm³/mol. The molecule has 54 heavy (non-hydrogen) atoms. The van der Waals surface area contributed by atoms with Crippen molar-refractivity contribution in [3.8, 4) is 0 Å². The third kappa shape index (κ3) is 26.5. The van der Waals surface area contributed by atoms with Crippen molar-refractivity contribution in [2.45, 2.75) is 243 Å². The largest absolute Gasteiger partial charge is 0.394 e. The number of carbonyl (C=O) groups excluding carboxylic acids is 1. The van der Waals surface area contributed by atoms with Crippen LogP contribution in [0, 0.1) is 0 Å². The van der Waals surface area contributed by atoms with Crippen molar-refractivity contribution in [1.82, 2.24) is 5.32 Å². The molecule has 0 aromatic carbocycles. The average molecular weight is 768 g/mol. The van der Waals surface area contributed by atoms with Gasteiger partial charge in [0.1, 0.15) is 24.4 Å². The van der Waals surface area contributed by atoms with E-state index in [2.05, 4.69) is 31.3 Å². The highest BCUT2D eigenvalue weighted by Gasteiger charge is 2.44. The third-order valence-electron chi connectivity index (χ3n) is 10.8. The second kappa shape index (κ2) is 36.0. The summed E-state index contributed by atoms with van der Waals surface area (Å²) < 4.78 is 11.2. The molecule has 1 saturated heterocycles. The highest BCUT2D eigenvalue weighted by molar-refractivity contribution is 5.76. The first-order valence-electron chi connectivity index (χ1n) is 22.6. The second-order valence-electron chi connectivity index (χ2n) is 15.8. The number of ether oxygens (including phenoxy) is 2. The number of aliphatic hydroxyl groups is 5. The molecule has 1 heterocycles. The number of aliphatic hydroxyl groups excluding tert-OH is 5. The summed E-state index contributed by atoms with van der Waals surface area (Å²) >= 11 is 0. The molecule has 1 aliphatic heterocycles. The number of hydrogen-bond donors (Lipinski definition) is 6. The molecule has 1 amide bonds. The van der Waals surface area contributed by atoms with Crippen LogP contribution in [0.5, 0.6) is 0 Å². The van der Waals surface area contributed by atoms with Crippen LogP contribution in [-0.2, 0) is 14.3 Å². The van der Waals surface area contributed by atoms with E-state index in [1.165, 1.54) is 122 Å². The number of unbranched alkanes of at least 4 members (excludes halogenated alkanes) is 25. The Balaban J connectivity index is 2.37. The van der Waals surface area contributed by atoms with Crippen molar-refractivity contribution in [1.29, 1.82) is 0 Å². The highest BCUT2D eigenvalue weighted by Crippen LogP contribution is 2.22. The normalized spacial score (nSPS) is 21.6. The minimum absolute atomic E-state index is 0.186. The van der Waals surface area contributed by atoms with E-state index in [-0.39, 0.29) is 12.5 Å². The SMILES string of the molecule is CCCCCC/C=C\CCCCCCCC(=O)NC(COC1OC(CO)C(O)C(O)C1O)C(O)/C=C/CCCCCCCCCCCCCCCCCC. The Morgan fingerprint density at radius 1 is 0.611 bits per heavy atom. The summed E-state index contributed by atoms with van der Waals surface area (Å²) in [5, 5.41) is 54.1. The Morgan fingerprint density at radius 3 is 1.52 bits per heavy atom. The molecule has 1 aliphatic rings. The van der Waals surface area contributed by atoms with Crippen LogP contribution in [-0.4, -0.2) is 87.5 Å². The summed E-state index contributed by atoms with van der Waals surface area (Å²) in [6.45, 7) is 3.75. The van der Waals surface area contributed by atoms with Gasteiger partial charge < -0.3 is 40.3 Å². The second-order valence-corrected chi connectivity index (χ2v) is 15.8. The maximum absolute atomic E-state index is 12.9. The molecule has 318 valence electrons. The van der Waals surface area contributed by atoms with Gasteiger partial charge in [-0.15, -0.1) is 0 Å². The Hall–Kier alpha value is -1.33. The van der Waals surface area contributed by atoms with E-state index < -0.39 is 49.5 Å². The molecular weight excluding hydrogens is 682 g/mol. The van der Waals surface area contributed by atoms with E-state index >= 15 is 0 Å². The lowest BCUT2D eigenvalue weighted by atomic mass is 9.99. The predicted octanol–water partition coefficient (Wildman–Crippen LogP) is 9.11.